The molecular formula is C20H24F2N2O3S. The smallest absolute Gasteiger partial charge is 0.341 e. The molecule has 0 bridgehead atoms. The van der Waals surface area contributed by atoms with Crippen LogP contribution in [-0.4, -0.2) is 33.7 Å². The Hall–Kier alpha value is -2.48. The van der Waals surface area contributed by atoms with Crippen LogP contribution in [0.5, 0.6) is 0 Å². The SMILES string of the molecule is CN(CC(=O)Nc1ccccc1S(=O)(=O)C(F)F)c1ccc(C(C)(C)C)cc1. The molecule has 152 valence electrons. The third-order valence-electron chi connectivity index (χ3n) is 4.26. The summed E-state index contributed by atoms with van der Waals surface area (Å²) in [6.45, 7) is 6.23. The number of halogens is 2. The third kappa shape index (κ3) is 5.07. The van der Waals surface area contributed by atoms with E-state index in [1.807, 2.05) is 24.3 Å². The Morgan fingerprint density at radius 2 is 1.64 bits per heavy atom. The second-order valence-electron chi connectivity index (χ2n) is 7.50. The van der Waals surface area contributed by atoms with Crippen molar-refractivity contribution in [3.63, 3.8) is 0 Å². The van der Waals surface area contributed by atoms with Crippen LogP contribution in [0, 0.1) is 0 Å². The van der Waals surface area contributed by atoms with Crippen LogP contribution < -0.4 is 10.2 Å². The van der Waals surface area contributed by atoms with Crippen LogP contribution in [0.2, 0.25) is 0 Å². The van der Waals surface area contributed by atoms with Crippen molar-refractivity contribution in [2.75, 3.05) is 23.8 Å². The van der Waals surface area contributed by atoms with Gasteiger partial charge in [-0.15, -0.1) is 0 Å². The largest absolute Gasteiger partial charge is 0.365 e. The fraction of sp³-hybridized carbons (Fsp3) is 0.350. The minimum atomic E-state index is -4.81. The molecule has 0 aliphatic carbocycles. The van der Waals surface area contributed by atoms with Gasteiger partial charge in [0.05, 0.1) is 17.1 Å². The molecule has 0 unspecified atom stereocenters. The van der Waals surface area contributed by atoms with Crippen molar-refractivity contribution < 1.29 is 22.0 Å². The monoisotopic (exact) mass is 410 g/mol. The fourth-order valence-corrected chi connectivity index (χ4v) is 3.51. The lowest BCUT2D eigenvalue weighted by Crippen LogP contribution is -2.30. The number of carbonyl (C=O) groups excluding carboxylic acids is 1. The van der Waals surface area contributed by atoms with E-state index in [0.29, 0.717) is 0 Å². The lowest BCUT2D eigenvalue weighted by atomic mass is 9.87. The zero-order chi connectivity index (χ0) is 21.1. The van der Waals surface area contributed by atoms with Crippen molar-refractivity contribution in [3.05, 3.63) is 54.1 Å². The van der Waals surface area contributed by atoms with Gasteiger partial charge < -0.3 is 10.2 Å². The van der Waals surface area contributed by atoms with Crippen LogP contribution in [0.3, 0.4) is 0 Å². The summed E-state index contributed by atoms with van der Waals surface area (Å²) >= 11 is 0. The second-order valence-corrected chi connectivity index (χ2v) is 9.39. The molecule has 0 saturated heterocycles. The van der Waals surface area contributed by atoms with Crippen molar-refractivity contribution in [1.29, 1.82) is 0 Å². The number of likely N-dealkylation sites (N-methyl/N-ethyl adjacent to an activating group) is 1. The van der Waals surface area contributed by atoms with Gasteiger partial charge in [0.25, 0.3) is 0 Å². The van der Waals surface area contributed by atoms with Crippen LogP contribution in [0.1, 0.15) is 26.3 Å². The molecule has 0 aliphatic rings. The van der Waals surface area contributed by atoms with Crippen molar-refractivity contribution >= 4 is 27.1 Å². The Morgan fingerprint density at radius 1 is 1.07 bits per heavy atom. The maximum Gasteiger partial charge on any atom is 0.341 e. The molecule has 28 heavy (non-hydrogen) atoms. The zero-order valence-electron chi connectivity index (χ0n) is 16.2. The first-order valence-corrected chi connectivity index (χ1v) is 10.2. The molecule has 0 aliphatic heterocycles. The molecular weight excluding hydrogens is 386 g/mol. The highest BCUT2D eigenvalue weighted by molar-refractivity contribution is 7.91. The highest BCUT2D eigenvalue weighted by Gasteiger charge is 2.29. The first kappa shape index (κ1) is 21.8. The predicted molar refractivity (Wildman–Crippen MR) is 107 cm³/mol. The average molecular weight is 410 g/mol. The molecule has 5 nitrogen and oxygen atoms in total. The minimum Gasteiger partial charge on any atom is -0.365 e. The number of hydrogen-bond donors (Lipinski definition) is 1. The van der Waals surface area contributed by atoms with Gasteiger partial charge in [0.2, 0.25) is 15.7 Å². The van der Waals surface area contributed by atoms with Gasteiger partial charge in [-0.25, -0.2) is 8.42 Å². The van der Waals surface area contributed by atoms with E-state index < -0.39 is 26.4 Å². The zero-order valence-corrected chi connectivity index (χ0v) is 17.1. The molecule has 0 saturated carbocycles. The van der Waals surface area contributed by atoms with E-state index in [1.54, 1.807) is 11.9 Å². The van der Waals surface area contributed by atoms with E-state index in [2.05, 4.69) is 26.1 Å². The van der Waals surface area contributed by atoms with Gasteiger partial charge in [-0.2, -0.15) is 8.78 Å². The number of hydrogen-bond acceptors (Lipinski definition) is 4. The number of anilines is 2. The van der Waals surface area contributed by atoms with Crippen molar-refractivity contribution in [2.24, 2.45) is 0 Å². The molecule has 0 aromatic heterocycles. The number of rotatable bonds is 6. The molecule has 8 heteroatoms. The molecule has 0 atom stereocenters. The Balaban J connectivity index is 2.13. The number of amides is 1. The molecule has 2 aromatic carbocycles. The summed E-state index contributed by atoms with van der Waals surface area (Å²) < 4.78 is 49.3. The molecule has 2 rings (SSSR count). The Labute approximate surface area is 164 Å². The quantitative estimate of drug-likeness (QED) is 0.780. The summed E-state index contributed by atoms with van der Waals surface area (Å²) in [5.41, 5.74) is 1.80. The molecule has 1 amide bonds. The fourth-order valence-electron chi connectivity index (χ4n) is 2.63. The van der Waals surface area contributed by atoms with Gasteiger partial charge in [0, 0.05) is 12.7 Å². The Bertz CT molecular complexity index is 937. The average Bonchev–Trinajstić information content (AvgIpc) is 2.61. The van der Waals surface area contributed by atoms with E-state index in [1.165, 1.54) is 18.2 Å². The first-order chi connectivity index (χ1) is 12.9. The summed E-state index contributed by atoms with van der Waals surface area (Å²) in [7, 11) is -3.10. The minimum absolute atomic E-state index is 0.00831. The van der Waals surface area contributed by atoms with E-state index in [9.17, 15) is 22.0 Å². The first-order valence-electron chi connectivity index (χ1n) is 8.65. The third-order valence-corrected chi connectivity index (χ3v) is 5.70. The maximum absolute atomic E-state index is 12.9. The summed E-state index contributed by atoms with van der Waals surface area (Å²) in [6, 6.07) is 12.9. The van der Waals surface area contributed by atoms with Crippen LogP contribution in [-0.2, 0) is 20.0 Å². The van der Waals surface area contributed by atoms with Crippen molar-refractivity contribution in [2.45, 2.75) is 36.8 Å². The maximum atomic E-state index is 12.9. The standard InChI is InChI=1S/C20H24F2N2O3S/c1-20(2,3)14-9-11-15(12-10-14)24(4)13-18(25)23-16-7-5-6-8-17(16)28(26,27)19(21)22/h5-12,19H,13H2,1-4H3,(H,23,25). The van der Waals surface area contributed by atoms with Crippen LogP contribution in [0.15, 0.2) is 53.4 Å². The Morgan fingerprint density at radius 3 is 2.18 bits per heavy atom. The number of nitrogens with one attached hydrogen (secondary N) is 1. The number of nitrogens with zero attached hydrogens (tertiary/aromatic N) is 1. The van der Waals surface area contributed by atoms with Gasteiger partial charge in [0.15, 0.2) is 0 Å². The topological polar surface area (TPSA) is 66.5 Å². The second kappa shape index (κ2) is 8.26. The van der Waals surface area contributed by atoms with E-state index in [4.69, 9.17) is 0 Å². The van der Waals surface area contributed by atoms with Crippen LogP contribution >= 0.6 is 0 Å². The summed E-state index contributed by atoms with van der Waals surface area (Å²) in [5, 5.41) is 2.41. The normalized spacial score (nSPS) is 12.1. The van der Waals surface area contributed by atoms with Crippen molar-refractivity contribution in [1.82, 2.24) is 0 Å². The van der Waals surface area contributed by atoms with E-state index >= 15 is 0 Å². The lowest BCUT2D eigenvalue weighted by molar-refractivity contribution is -0.114. The highest BCUT2D eigenvalue weighted by Crippen LogP contribution is 2.27. The number of alkyl halides is 2. The number of benzene rings is 2. The summed E-state index contributed by atoms with van der Waals surface area (Å²) in [4.78, 5) is 13.4. The van der Waals surface area contributed by atoms with Crippen LogP contribution in [0.4, 0.5) is 20.2 Å². The van der Waals surface area contributed by atoms with Gasteiger partial charge in [-0.05, 0) is 35.2 Å². The van der Waals surface area contributed by atoms with E-state index in [0.717, 1.165) is 17.3 Å². The van der Waals surface area contributed by atoms with Gasteiger partial charge in [0.1, 0.15) is 0 Å². The molecule has 0 fully saturated rings. The van der Waals surface area contributed by atoms with Gasteiger partial charge in [-0.1, -0.05) is 45.0 Å². The van der Waals surface area contributed by atoms with Crippen LogP contribution in [0.25, 0.3) is 0 Å². The number of carbonyl (C=O) groups is 1. The molecule has 0 radical (unpaired) electrons. The van der Waals surface area contributed by atoms with Gasteiger partial charge in [-0.3, -0.25) is 4.79 Å². The van der Waals surface area contributed by atoms with E-state index in [-0.39, 0.29) is 17.6 Å². The molecule has 0 heterocycles. The summed E-state index contributed by atoms with van der Waals surface area (Å²) in [6.07, 6.45) is 0. The number of para-hydroxylation sites is 1. The van der Waals surface area contributed by atoms with Crippen molar-refractivity contribution in [3.8, 4) is 0 Å². The molecule has 2 aromatic rings. The molecule has 0 spiro atoms. The lowest BCUT2D eigenvalue weighted by Gasteiger charge is -2.22. The Kier molecular flexibility index (Phi) is 6.44. The molecule has 1 N–H and O–H groups in total. The number of sulfone groups is 1. The highest BCUT2D eigenvalue weighted by atomic mass is 32.2. The van der Waals surface area contributed by atoms with Gasteiger partial charge >= 0.3 is 5.76 Å². The summed E-state index contributed by atoms with van der Waals surface area (Å²) in [5.74, 6) is -4.08. The predicted octanol–water partition coefficient (Wildman–Crippen LogP) is 4.06.